The minimum atomic E-state index is -1.49. The zero-order chi connectivity index (χ0) is 14.0. The van der Waals surface area contributed by atoms with Crippen molar-refractivity contribution in [3.8, 4) is 0 Å². The molecule has 0 aromatic heterocycles. The molecule has 1 fully saturated rings. The van der Waals surface area contributed by atoms with Gasteiger partial charge in [-0.1, -0.05) is 0 Å². The van der Waals surface area contributed by atoms with Crippen molar-refractivity contribution in [1.29, 1.82) is 0 Å². The van der Waals surface area contributed by atoms with Crippen LogP contribution in [-0.4, -0.2) is 30.4 Å². The zero-order valence-corrected chi connectivity index (χ0v) is 10.5. The minimum absolute atomic E-state index is 0.0468. The molecule has 1 atom stereocenters. The summed E-state index contributed by atoms with van der Waals surface area (Å²) >= 11 is 0. The van der Waals surface area contributed by atoms with Crippen LogP contribution in [0.3, 0.4) is 0 Å². The Hall–Kier alpha value is -1.56. The van der Waals surface area contributed by atoms with Crippen LogP contribution in [0.2, 0.25) is 0 Å². The quantitative estimate of drug-likeness (QED) is 0.851. The molecular weight excluding hydrogens is 257 g/mol. The van der Waals surface area contributed by atoms with Crippen molar-refractivity contribution in [3.05, 3.63) is 35.1 Å². The molecule has 6 heteroatoms. The molecule has 0 spiro atoms. The highest BCUT2D eigenvalue weighted by molar-refractivity contribution is 5.81. The van der Waals surface area contributed by atoms with Crippen LogP contribution >= 0.6 is 0 Å². The lowest BCUT2D eigenvalue weighted by molar-refractivity contribution is -0.132. The second kappa shape index (κ2) is 5.61. The summed E-state index contributed by atoms with van der Waals surface area (Å²) in [5.41, 5.74) is 0.227. The molecular formula is C13H15F3N2O. The van der Waals surface area contributed by atoms with Crippen LogP contribution in [0.4, 0.5) is 13.2 Å². The van der Waals surface area contributed by atoms with Gasteiger partial charge in [0.1, 0.15) is 0 Å². The van der Waals surface area contributed by atoms with Gasteiger partial charge < -0.3 is 10.2 Å². The average molecular weight is 272 g/mol. The second-order valence-corrected chi connectivity index (χ2v) is 4.72. The number of hydrogen-bond donors (Lipinski definition) is 1. The topological polar surface area (TPSA) is 32.3 Å². The second-order valence-electron chi connectivity index (χ2n) is 4.72. The van der Waals surface area contributed by atoms with E-state index in [1.54, 1.807) is 7.05 Å². The van der Waals surface area contributed by atoms with Crippen LogP contribution in [0.1, 0.15) is 18.4 Å². The zero-order valence-electron chi connectivity index (χ0n) is 10.5. The van der Waals surface area contributed by atoms with Gasteiger partial charge in [-0.25, -0.2) is 13.2 Å². The summed E-state index contributed by atoms with van der Waals surface area (Å²) in [5.74, 6) is -4.09. The van der Waals surface area contributed by atoms with Crippen molar-refractivity contribution in [2.45, 2.75) is 25.4 Å². The molecule has 3 nitrogen and oxygen atoms in total. The number of benzene rings is 1. The molecule has 0 radical (unpaired) electrons. The van der Waals surface area contributed by atoms with Gasteiger partial charge in [-0.3, -0.25) is 4.79 Å². The monoisotopic (exact) mass is 272 g/mol. The molecule has 104 valence electrons. The SMILES string of the molecule is CN(Cc1cc(F)c(F)c(F)c1)C(=O)C1CCCN1. The first-order valence-electron chi connectivity index (χ1n) is 6.11. The number of amides is 1. The maximum Gasteiger partial charge on any atom is 0.239 e. The van der Waals surface area contributed by atoms with Crippen LogP contribution in [0.5, 0.6) is 0 Å². The Morgan fingerprint density at radius 2 is 2.00 bits per heavy atom. The number of nitrogens with one attached hydrogen (secondary N) is 1. The Morgan fingerprint density at radius 3 is 2.53 bits per heavy atom. The van der Waals surface area contributed by atoms with Gasteiger partial charge in [0, 0.05) is 13.6 Å². The molecule has 19 heavy (non-hydrogen) atoms. The Morgan fingerprint density at radius 1 is 1.37 bits per heavy atom. The number of halogens is 3. The normalized spacial score (nSPS) is 18.6. The summed E-state index contributed by atoms with van der Waals surface area (Å²) in [4.78, 5) is 13.4. The van der Waals surface area contributed by atoms with Crippen molar-refractivity contribution >= 4 is 5.91 Å². The lowest BCUT2D eigenvalue weighted by atomic mass is 10.1. The summed E-state index contributed by atoms with van der Waals surface area (Å²) in [6.45, 7) is 0.842. The maximum atomic E-state index is 13.1. The fraction of sp³-hybridized carbons (Fsp3) is 0.462. The van der Waals surface area contributed by atoms with E-state index < -0.39 is 17.5 Å². The highest BCUT2D eigenvalue weighted by Crippen LogP contribution is 2.16. The summed E-state index contributed by atoms with van der Waals surface area (Å²) in [7, 11) is 1.56. The first-order valence-corrected chi connectivity index (χ1v) is 6.11. The van der Waals surface area contributed by atoms with E-state index in [4.69, 9.17) is 0 Å². The first-order chi connectivity index (χ1) is 8.99. The van der Waals surface area contributed by atoms with Gasteiger partial charge in [0.15, 0.2) is 17.5 Å². The van der Waals surface area contributed by atoms with Gasteiger partial charge >= 0.3 is 0 Å². The van der Waals surface area contributed by atoms with Crippen LogP contribution < -0.4 is 5.32 Å². The van der Waals surface area contributed by atoms with E-state index in [-0.39, 0.29) is 24.1 Å². The molecule has 1 aliphatic heterocycles. The van der Waals surface area contributed by atoms with Gasteiger partial charge in [0.05, 0.1) is 6.04 Å². The van der Waals surface area contributed by atoms with E-state index in [2.05, 4.69) is 5.32 Å². The summed E-state index contributed by atoms with van der Waals surface area (Å²) < 4.78 is 38.9. The molecule has 1 unspecified atom stereocenters. The van der Waals surface area contributed by atoms with Gasteiger partial charge in [-0.2, -0.15) is 0 Å². The van der Waals surface area contributed by atoms with Crippen molar-refractivity contribution in [3.63, 3.8) is 0 Å². The molecule has 0 saturated carbocycles. The lowest BCUT2D eigenvalue weighted by Crippen LogP contribution is -2.41. The summed E-state index contributed by atoms with van der Waals surface area (Å²) in [6, 6.07) is 1.58. The van der Waals surface area contributed by atoms with E-state index in [1.165, 1.54) is 4.90 Å². The third kappa shape index (κ3) is 3.07. The van der Waals surface area contributed by atoms with Crippen molar-refractivity contribution in [2.24, 2.45) is 0 Å². The van der Waals surface area contributed by atoms with Crippen LogP contribution in [-0.2, 0) is 11.3 Å². The number of rotatable bonds is 3. The fourth-order valence-electron chi connectivity index (χ4n) is 2.21. The number of likely N-dealkylation sites (N-methyl/N-ethyl adjacent to an activating group) is 1. The molecule has 1 N–H and O–H groups in total. The van der Waals surface area contributed by atoms with E-state index in [9.17, 15) is 18.0 Å². The summed E-state index contributed by atoms with van der Waals surface area (Å²) in [6.07, 6.45) is 1.69. The average Bonchev–Trinajstić information content (AvgIpc) is 2.88. The molecule has 1 saturated heterocycles. The predicted molar refractivity (Wildman–Crippen MR) is 63.8 cm³/mol. The van der Waals surface area contributed by atoms with Crippen molar-refractivity contribution in [2.75, 3.05) is 13.6 Å². The molecule has 1 aromatic carbocycles. The molecule has 1 amide bonds. The molecule has 0 aliphatic carbocycles. The smallest absolute Gasteiger partial charge is 0.239 e. The van der Waals surface area contributed by atoms with Gasteiger partial charge in [0.2, 0.25) is 5.91 Å². The molecule has 1 aromatic rings. The Labute approximate surface area is 109 Å². The fourth-order valence-corrected chi connectivity index (χ4v) is 2.21. The summed E-state index contributed by atoms with van der Waals surface area (Å²) in [5, 5.41) is 3.06. The largest absolute Gasteiger partial charge is 0.340 e. The minimum Gasteiger partial charge on any atom is -0.340 e. The van der Waals surface area contributed by atoms with Gasteiger partial charge in [-0.15, -0.1) is 0 Å². The Balaban J connectivity index is 2.06. The molecule has 2 rings (SSSR count). The van der Waals surface area contributed by atoms with Gasteiger partial charge in [-0.05, 0) is 37.1 Å². The number of hydrogen-bond acceptors (Lipinski definition) is 2. The third-order valence-corrected chi connectivity index (χ3v) is 3.20. The highest BCUT2D eigenvalue weighted by Gasteiger charge is 2.25. The van der Waals surface area contributed by atoms with E-state index >= 15 is 0 Å². The third-order valence-electron chi connectivity index (χ3n) is 3.20. The van der Waals surface area contributed by atoms with Crippen molar-refractivity contribution in [1.82, 2.24) is 10.2 Å². The predicted octanol–water partition coefficient (Wildman–Crippen LogP) is 1.81. The van der Waals surface area contributed by atoms with E-state index in [1.807, 2.05) is 0 Å². The maximum absolute atomic E-state index is 13.1. The van der Waals surface area contributed by atoms with Crippen LogP contribution in [0.15, 0.2) is 12.1 Å². The van der Waals surface area contributed by atoms with Crippen LogP contribution in [0.25, 0.3) is 0 Å². The highest BCUT2D eigenvalue weighted by atomic mass is 19.2. The van der Waals surface area contributed by atoms with E-state index in [0.717, 1.165) is 31.5 Å². The van der Waals surface area contributed by atoms with E-state index in [0.29, 0.717) is 0 Å². The molecule has 0 bridgehead atoms. The van der Waals surface area contributed by atoms with Crippen molar-refractivity contribution < 1.29 is 18.0 Å². The number of carbonyl (C=O) groups excluding carboxylic acids is 1. The lowest BCUT2D eigenvalue weighted by Gasteiger charge is -2.21. The molecule has 1 aliphatic rings. The first kappa shape index (κ1) is 13.9. The van der Waals surface area contributed by atoms with Crippen LogP contribution in [0, 0.1) is 17.5 Å². The molecule has 1 heterocycles. The standard InChI is InChI=1S/C13H15F3N2O/c1-18(13(19)11-3-2-4-17-11)7-8-5-9(14)12(16)10(15)6-8/h5-6,11,17H,2-4,7H2,1H3. The number of carbonyl (C=O) groups is 1. The Kier molecular flexibility index (Phi) is 4.09. The number of nitrogens with zero attached hydrogens (tertiary/aromatic N) is 1. The van der Waals surface area contributed by atoms with Gasteiger partial charge in [0.25, 0.3) is 0 Å². The Bertz CT molecular complexity index is 464.